The van der Waals surface area contributed by atoms with Crippen molar-refractivity contribution in [1.29, 1.82) is 0 Å². The van der Waals surface area contributed by atoms with Crippen LogP contribution < -0.4 is 5.32 Å². The number of hydrogen-bond donors (Lipinski definition) is 1. The van der Waals surface area contributed by atoms with Gasteiger partial charge in [0.2, 0.25) is 0 Å². The van der Waals surface area contributed by atoms with E-state index in [1.54, 1.807) is 0 Å². The highest BCUT2D eigenvalue weighted by Crippen LogP contribution is 2.22. The smallest absolute Gasteiger partial charge is 0.0731 e. The number of aromatic nitrogens is 2. The Morgan fingerprint density at radius 2 is 1.68 bits per heavy atom. The zero-order valence-electron chi connectivity index (χ0n) is 12.8. The van der Waals surface area contributed by atoms with Gasteiger partial charge in [-0.25, -0.2) is 0 Å². The Labute approximate surface area is 131 Å². The van der Waals surface area contributed by atoms with Crippen LogP contribution in [0.15, 0.2) is 73.1 Å². The summed E-state index contributed by atoms with van der Waals surface area (Å²) < 4.78 is 1.97. The molecule has 1 unspecified atom stereocenters. The van der Waals surface area contributed by atoms with Gasteiger partial charge in [-0.1, -0.05) is 67.6 Å². The molecule has 0 aliphatic heterocycles. The van der Waals surface area contributed by atoms with E-state index in [0.717, 1.165) is 18.7 Å². The number of benzene rings is 2. The van der Waals surface area contributed by atoms with E-state index in [-0.39, 0.29) is 0 Å². The van der Waals surface area contributed by atoms with Crippen LogP contribution in [0.2, 0.25) is 0 Å². The average Bonchev–Trinajstić information content (AvgIpc) is 3.01. The third-order valence-electron chi connectivity index (χ3n) is 3.77. The topological polar surface area (TPSA) is 29.9 Å². The summed E-state index contributed by atoms with van der Waals surface area (Å²) in [6.45, 7) is 2.99. The lowest BCUT2D eigenvalue weighted by atomic mass is 10.0. The maximum absolute atomic E-state index is 4.45. The first kappa shape index (κ1) is 14.4. The molecule has 0 spiro atoms. The van der Waals surface area contributed by atoms with Crippen molar-refractivity contribution < 1.29 is 0 Å². The maximum Gasteiger partial charge on any atom is 0.0731 e. The molecule has 0 fully saturated rings. The molecule has 0 radical (unpaired) electrons. The van der Waals surface area contributed by atoms with Gasteiger partial charge in [0.05, 0.1) is 24.5 Å². The lowest BCUT2D eigenvalue weighted by molar-refractivity contribution is 0.686. The van der Waals surface area contributed by atoms with E-state index in [2.05, 4.69) is 72.1 Å². The highest BCUT2D eigenvalue weighted by Gasteiger charge is 2.09. The van der Waals surface area contributed by atoms with Crippen molar-refractivity contribution in [3.63, 3.8) is 0 Å². The van der Waals surface area contributed by atoms with Crippen LogP contribution >= 0.6 is 0 Å². The third kappa shape index (κ3) is 3.55. The van der Waals surface area contributed by atoms with E-state index in [0.29, 0.717) is 6.04 Å². The van der Waals surface area contributed by atoms with Gasteiger partial charge < -0.3 is 5.32 Å². The van der Waals surface area contributed by atoms with E-state index >= 15 is 0 Å². The molecule has 1 aromatic heterocycles. The molecule has 0 bridgehead atoms. The van der Waals surface area contributed by atoms with Crippen molar-refractivity contribution in [2.75, 3.05) is 5.32 Å². The Morgan fingerprint density at radius 3 is 2.36 bits per heavy atom. The number of hydrogen-bond acceptors (Lipinski definition) is 2. The fraction of sp³-hybridized carbons (Fsp3) is 0.211. The molecule has 0 aliphatic rings. The summed E-state index contributed by atoms with van der Waals surface area (Å²) in [5.41, 5.74) is 3.62. The molecule has 1 N–H and O–H groups in total. The Kier molecular flexibility index (Phi) is 4.54. The van der Waals surface area contributed by atoms with Gasteiger partial charge in [-0.05, 0) is 17.5 Å². The number of anilines is 1. The van der Waals surface area contributed by atoms with E-state index in [9.17, 15) is 0 Å². The molecule has 0 amide bonds. The summed E-state index contributed by atoms with van der Waals surface area (Å²) in [7, 11) is 0. The SMILES string of the molecule is CCC(Nc1cnn(Cc2ccccc2)c1)c1ccccc1. The minimum atomic E-state index is 0.315. The summed E-state index contributed by atoms with van der Waals surface area (Å²) in [6.07, 6.45) is 5.00. The Bertz CT molecular complexity index is 689. The molecule has 0 saturated carbocycles. The van der Waals surface area contributed by atoms with Crippen LogP contribution in [0.4, 0.5) is 5.69 Å². The first-order valence-electron chi connectivity index (χ1n) is 7.73. The van der Waals surface area contributed by atoms with Gasteiger partial charge in [0.1, 0.15) is 0 Å². The van der Waals surface area contributed by atoms with E-state index in [1.165, 1.54) is 11.1 Å². The Hall–Kier alpha value is -2.55. The molecule has 1 atom stereocenters. The molecule has 0 aliphatic carbocycles. The predicted molar refractivity (Wildman–Crippen MR) is 90.9 cm³/mol. The first-order chi connectivity index (χ1) is 10.8. The van der Waals surface area contributed by atoms with Crippen LogP contribution in [0, 0.1) is 0 Å². The van der Waals surface area contributed by atoms with Crippen molar-refractivity contribution in [1.82, 2.24) is 9.78 Å². The second-order valence-electron chi connectivity index (χ2n) is 5.43. The molecule has 1 heterocycles. The van der Waals surface area contributed by atoms with Crippen LogP contribution in [-0.2, 0) is 6.54 Å². The minimum absolute atomic E-state index is 0.315. The summed E-state index contributed by atoms with van der Waals surface area (Å²) in [6, 6.07) is 21.2. The number of nitrogens with one attached hydrogen (secondary N) is 1. The molecule has 3 nitrogen and oxygen atoms in total. The fourth-order valence-electron chi connectivity index (χ4n) is 2.60. The van der Waals surface area contributed by atoms with Crippen LogP contribution in [-0.4, -0.2) is 9.78 Å². The molecule has 22 heavy (non-hydrogen) atoms. The molecule has 0 saturated heterocycles. The average molecular weight is 291 g/mol. The van der Waals surface area contributed by atoms with Crippen LogP contribution in [0.5, 0.6) is 0 Å². The van der Waals surface area contributed by atoms with Gasteiger partial charge in [0.25, 0.3) is 0 Å². The van der Waals surface area contributed by atoms with Crippen LogP contribution in [0.1, 0.15) is 30.5 Å². The largest absolute Gasteiger partial charge is 0.376 e. The second-order valence-corrected chi connectivity index (χ2v) is 5.43. The van der Waals surface area contributed by atoms with E-state index in [4.69, 9.17) is 0 Å². The van der Waals surface area contributed by atoms with Gasteiger partial charge in [0, 0.05) is 6.20 Å². The molecule has 2 aromatic carbocycles. The molecule has 3 rings (SSSR count). The fourth-order valence-corrected chi connectivity index (χ4v) is 2.60. The Balaban J connectivity index is 1.68. The monoisotopic (exact) mass is 291 g/mol. The van der Waals surface area contributed by atoms with E-state index in [1.807, 2.05) is 23.0 Å². The number of nitrogens with zero attached hydrogens (tertiary/aromatic N) is 2. The normalized spacial score (nSPS) is 12.0. The highest BCUT2D eigenvalue weighted by molar-refractivity contribution is 5.42. The summed E-state index contributed by atoms with van der Waals surface area (Å²) >= 11 is 0. The van der Waals surface area contributed by atoms with Gasteiger partial charge in [-0.15, -0.1) is 0 Å². The van der Waals surface area contributed by atoms with Crippen molar-refractivity contribution in [2.24, 2.45) is 0 Å². The summed E-state index contributed by atoms with van der Waals surface area (Å²) in [4.78, 5) is 0. The van der Waals surface area contributed by atoms with Gasteiger partial charge >= 0.3 is 0 Å². The van der Waals surface area contributed by atoms with Crippen LogP contribution in [0.3, 0.4) is 0 Å². The van der Waals surface area contributed by atoms with Crippen molar-refractivity contribution in [2.45, 2.75) is 25.9 Å². The highest BCUT2D eigenvalue weighted by atomic mass is 15.3. The zero-order chi connectivity index (χ0) is 15.2. The van der Waals surface area contributed by atoms with Gasteiger partial charge in [0.15, 0.2) is 0 Å². The molecular formula is C19H21N3. The molecule has 3 heteroatoms. The summed E-state index contributed by atoms with van der Waals surface area (Å²) in [5.74, 6) is 0. The second kappa shape index (κ2) is 6.94. The molecular weight excluding hydrogens is 270 g/mol. The first-order valence-corrected chi connectivity index (χ1v) is 7.73. The van der Waals surface area contributed by atoms with Gasteiger partial charge in [-0.2, -0.15) is 5.10 Å². The standard InChI is InChI=1S/C19H21N3/c1-2-19(17-11-7-4-8-12-17)21-18-13-20-22(15-18)14-16-9-5-3-6-10-16/h3-13,15,19,21H,2,14H2,1H3. The van der Waals surface area contributed by atoms with E-state index < -0.39 is 0 Å². The van der Waals surface area contributed by atoms with Crippen LogP contribution in [0.25, 0.3) is 0 Å². The summed E-state index contributed by atoms with van der Waals surface area (Å²) in [5, 5.41) is 8.01. The lowest BCUT2D eigenvalue weighted by Gasteiger charge is -2.17. The van der Waals surface area contributed by atoms with Gasteiger partial charge in [-0.3, -0.25) is 4.68 Å². The minimum Gasteiger partial charge on any atom is -0.376 e. The lowest BCUT2D eigenvalue weighted by Crippen LogP contribution is -2.09. The van der Waals surface area contributed by atoms with Crippen molar-refractivity contribution in [3.05, 3.63) is 84.2 Å². The number of rotatable bonds is 6. The predicted octanol–water partition coefficient (Wildman–Crippen LogP) is 4.49. The molecule has 3 aromatic rings. The Morgan fingerprint density at radius 1 is 1.00 bits per heavy atom. The maximum atomic E-state index is 4.45. The third-order valence-corrected chi connectivity index (χ3v) is 3.77. The quantitative estimate of drug-likeness (QED) is 0.725. The van der Waals surface area contributed by atoms with Crippen molar-refractivity contribution in [3.8, 4) is 0 Å². The van der Waals surface area contributed by atoms with Crippen molar-refractivity contribution >= 4 is 5.69 Å². The zero-order valence-corrected chi connectivity index (χ0v) is 12.8. The molecule has 112 valence electrons.